The van der Waals surface area contributed by atoms with Crippen LogP contribution in [0.2, 0.25) is 0 Å². The van der Waals surface area contributed by atoms with Gasteiger partial charge in [-0.3, -0.25) is 0 Å². The molecular weight excluding hydrogens is 336 g/mol. The summed E-state index contributed by atoms with van der Waals surface area (Å²) in [6.07, 6.45) is 0. The van der Waals surface area contributed by atoms with Gasteiger partial charge < -0.3 is 5.11 Å². The number of aromatic hydroxyl groups is 1. The first-order chi connectivity index (χ1) is 13.3. The Labute approximate surface area is 156 Å². The minimum absolute atomic E-state index is 0.103. The highest BCUT2D eigenvalue weighted by Crippen LogP contribution is 2.36. The maximum absolute atomic E-state index is 10.1. The highest BCUT2D eigenvalue weighted by molar-refractivity contribution is 5.95. The fourth-order valence-corrected chi connectivity index (χ4v) is 2.65. The Morgan fingerprint density at radius 1 is 0.481 bits per heavy atom. The number of fused-ring (bicyclic) bond motifs is 1. The lowest BCUT2D eigenvalue weighted by Crippen LogP contribution is -1.74. The number of phenolic OH excluding ortho intramolecular Hbond substituents is 1. The molecule has 0 amide bonds. The van der Waals surface area contributed by atoms with E-state index >= 15 is 0 Å². The van der Waals surface area contributed by atoms with Crippen molar-refractivity contribution in [2.75, 3.05) is 0 Å². The number of hydrogen-bond donors (Lipinski definition) is 1. The Morgan fingerprint density at radius 3 is 1.74 bits per heavy atom. The Hall–Kier alpha value is -3.86. The van der Waals surface area contributed by atoms with E-state index < -0.39 is 0 Å². The van der Waals surface area contributed by atoms with Crippen LogP contribution in [0, 0.1) is 0 Å². The van der Waals surface area contributed by atoms with Crippen LogP contribution in [0.15, 0.2) is 111 Å². The van der Waals surface area contributed by atoms with Gasteiger partial charge in [0.05, 0.1) is 17.1 Å². The third-order valence-electron chi connectivity index (χ3n) is 4.03. The molecule has 0 aliphatic rings. The van der Waals surface area contributed by atoms with Gasteiger partial charge in [-0.2, -0.15) is 15.3 Å². The molecule has 4 aromatic rings. The second-order valence-electron chi connectivity index (χ2n) is 5.91. The van der Waals surface area contributed by atoms with E-state index in [1.807, 2.05) is 84.9 Å². The van der Waals surface area contributed by atoms with Gasteiger partial charge in [0.15, 0.2) is 0 Å². The van der Waals surface area contributed by atoms with Gasteiger partial charge in [0.2, 0.25) is 0 Å². The third kappa shape index (κ3) is 3.88. The number of phenols is 1. The summed E-state index contributed by atoms with van der Waals surface area (Å²) in [5.74, 6) is 0.103. The van der Waals surface area contributed by atoms with Crippen LogP contribution in [-0.2, 0) is 0 Å². The van der Waals surface area contributed by atoms with Gasteiger partial charge in [0, 0.05) is 5.39 Å². The lowest BCUT2D eigenvalue weighted by molar-refractivity contribution is 0.477. The van der Waals surface area contributed by atoms with Crippen molar-refractivity contribution >= 4 is 33.5 Å². The molecule has 5 nitrogen and oxygen atoms in total. The molecule has 0 heterocycles. The first-order valence-electron chi connectivity index (χ1n) is 8.49. The maximum Gasteiger partial charge on any atom is 0.143 e. The molecule has 0 unspecified atom stereocenters. The SMILES string of the molecule is Oc1ccc2ccccc2c1/N=N/c1ccc(N=Nc2ccccc2)cc1. The van der Waals surface area contributed by atoms with Crippen molar-refractivity contribution in [3.8, 4) is 5.75 Å². The van der Waals surface area contributed by atoms with Crippen LogP contribution in [0.1, 0.15) is 0 Å². The van der Waals surface area contributed by atoms with Gasteiger partial charge >= 0.3 is 0 Å². The summed E-state index contributed by atoms with van der Waals surface area (Å²) in [5.41, 5.74) is 2.65. The van der Waals surface area contributed by atoms with Crippen molar-refractivity contribution in [3.63, 3.8) is 0 Å². The standard InChI is InChI=1S/C22H16N4O/c27-21-15-10-16-6-4-5-9-20(16)22(21)26-25-19-13-11-18(12-14-19)24-23-17-7-2-1-3-8-17/h1-15,27H/b24-23?,26-25+. The average molecular weight is 352 g/mol. The predicted octanol–water partition coefficient (Wildman–Crippen LogP) is 7.38. The minimum Gasteiger partial charge on any atom is -0.506 e. The molecule has 0 aliphatic heterocycles. The first-order valence-corrected chi connectivity index (χ1v) is 8.49. The lowest BCUT2D eigenvalue weighted by atomic mass is 10.1. The molecule has 5 heteroatoms. The molecule has 4 rings (SSSR count). The summed E-state index contributed by atoms with van der Waals surface area (Å²) in [6.45, 7) is 0. The van der Waals surface area contributed by atoms with Crippen molar-refractivity contribution in [3.05, 3.63) is 91.0 Å². The summed E-state index contributed by atoms with van der Waals surface area (Å²) in [4.78, 5) is 0. The van der Waals surface area contributed by atoms with E-state index in [0.29, 0.717) is 11.4 Å². The van der Waals surface area contributed by atoms with Gasteiger partial charge in [-0.25, -0.2) is 0 Å². The van der Waals surface area contributed by atoms with Crippen molar-refractivity contribution in [1.29, 1.82) is 0 Å². The van der Waals surface area contributed by atoms with Crippen LogP contribution >= 0.6 is 0 Å². The van der Waals surface area contributed by atoms with Crippen LogP contribution in [-0.4, -0.2) is 5.11 Å². The van der Waals surface area contributed by atoms with Gasteiger partial charge in [0.1, 0.15) is 11.4 Å². The largest absolute Gasteiger partial charge is 0.506 e. The van der Waals surface area contributed by atoms with Crippen molar-refractivity contribution < 1.29 is 5.11 Å². The maximum atomic E-state index is 10.1. The summed E-state index contributed by atoms with van der Waals surface area (Å²) < 4.78 is 0. The predicted molar refractivity (Wildman–Crippen MR) is 107 cm³/mol. The number of hydrogen-bond acceptors (Lipinski definition) is 5. The molecule has 0 aromatic heterocycles. The van der Waals surface area contributed by atoms with E-state index in [4.69, 9.17) is 0 Å². The molecular formula is C22H16N4O. The molecule has 1 N–H and O–H groups in total. The summed E-state index contributed by atoms with van der Waals surface area (Å²) in [6, 6.07) is 28.1. The number of rotatable bonds is 4. The van der Waals surface area contributed by atoms with Crippen LogP contribution in [0.3, 0.4) is 0 Å². The topological polar surface area (TPSA) is 69.7 Å². The van der Waals surface area contributed by atoms with Gasteiger partial charge in [0.25, 0.3) is 0 Å². The molecule has 0 bridgehead atoms. The number of nitrogens with zero attached hydrogens (tertiary/aromatic N) is 4. The lowest BCUT2D eigenvalue weighted by Gasteiger charge is -2.03. The second kappa shape index (κ2) is 7.58. The molecule has 0 fully saturated rings. The van der Waals surface area contributed by atoms with E-state index in [0.717, 1.165) is 22.1 Å². The minimum atomic E-state index is 0.103. The van der Waals surface area contributed by atoms with Crippen LogP contribution in [0.5, 0.6) is 5.75 Å². The fourth-order valence-electron chi connectivity index (χ4n) is 2.65. The molecule has 0 spiro atoms. The first kappa shape index (κ1) is 16.6. The van der Waals surface area contributed by atoms with E-state index in [-0.39, 0.29) is 5.75 Å². The molecule has 0 aliphatic carbocycles. The molecule has 0 radical (unpaired) electrons. The van der Waals surface area contributed by atoms with Crippen LogP contribution in [0.4, 0.5) is 22.7 Å². The molecule has 0 saturated carbocycles. The van der Waals surface area contributed by atoms with Crippen molar-refractivity contribution in [2.24, 2.45) is 20.5 Å². The zero-order chi connectivity index (χ0) is 18.5. The molecule has 130 valence electrons. The van der Waals surface area contributed by atoms with Crippen molar-refractivity contribution in [2.45, 2.75) is 0 Å². The quantitative estimate of drug-likeness (QED) is 0.382. The van der Waals surface area contributed by atoms with E-state index in [2.05, 4.69) is 20.5 Å². The Balaban J connectivity index is 1.55. The molecule has 0 saturated heterocycles. The van der Waals surface area contributed by atoms with E-state index in [1.165, 1.54) is 0 Å². The average Bonchev–Trinajstić information content (AvgIpc) is 2.73. The highest BCUT2D eigenvalue weighted by Gasteiger charge is 2.05. The van der Waals surface area contributed by atoms with Crippen molar-refractivity contribution in [1.82, 2.24) is 0 Å². The normalized spacial score (nSPS) is 11.6. The fraction of sp³-hybridized carbons (Fsp3) is 0. The summed E-state index contributed by atoms with van der Waals surface area (Å²) >= 11 is 0. The second-order valence-corrected chi connectivity index (χ2v) is 5.91. The van der Waals surface area contributed by atoms with Crippen LogP contribution < -0.4 is 0 Å². The van der Waals surface area contributed by atoms with Gasteiger partial charge in [-0.05, 0) is 47.9 Å². The zero-order valence-electron chi connectivity index (χ0n) is 14.4. The Bertz CT molecular complexity index is 1120. The molecule has 27 heavy (non-hydrogen) atoms. The van der Waals surface area contributed by atoms with E-state index in [9.17, 15) is 5.11 Å². The van der Waals surface area contributed by atoms with Gasteiger partial charge in [-0.1, -0.05) is 48.5 Å². The highest BCUT2D eigenvalue weighted by atomic mass is 16.3. The number of benzene rings is 4. The number of azo groups is 2. The van der Waals surface area contributed by atoms with E-state index in [1.54, 1.807) is 6.07 Å². The molecule has 4 aromatic carbocycles. The summed E-state index contributed by atoms with van der Waals surface area (Å²) in [7, 11) is 0. The zero-order valence-corrected chi connectivity index (χ0v) is 14.4. The Morgan fingerprint density at radius 2 is 1.04 bits per heavy atom. The smallest absolute Gasteiger partial charge is 0.143 e. The van der Waals surface area contributed by atoms with Crippen LogP contribution in [0.25, 0.3) is 10.8 Å². The summed E-state index contributed by atoms with van der Waals surface area (Å²) in [5, 5.41) is 28.9. The third-order valence-corrected chi connectivity index (χ3v) is 4.03. The molecule has 0 atom stereocenters. The van der Waals surface area contributed by atoms with Gasteiger partial charge in [-0.15, -0.1) is 5.11 Å². The Kier molecular flexibility index (Phi) is 4.66. The monoisotopic (exact) mass is 352 g/mol.